The third kappa shape index (κ3) is 3.65. The van der Waals surface area contributed by atoms with Gasteiger partial charge in [-0.3, -0.25) is 4.90 Å². The molecule has 0 bridgehead atoms. The summed E-state index contributed by atoms with van der Waals surface area (Å²) in [7, 11) is 0. The van der Waals surface area contributed by atoms with Gasteiger partial charge in [0, 0.05) is 24.7 Å². The molecule has 0 unspecified atom stereocenters. The van der Waals surface area contributed by atoms with Gasteiger partial charge in [0.15, 0.2) is 0 Å². The SMILES string of the molecule is CC1(OCC(=O)O)CN(Cc2ccc(F)cc2Cl)C1. The summed E-state index contributed by atoms with van der Waals surface area (Å²) in [6.45, 7) is 3.45. The van der Waals surface area contributed by atoms with Crippen molar-refractivity contribution in [2.24, 2.45) is 0 Å². The second-order valence-electron chi connectivity index (χ2n) is 5.01. The quantitative estimate of drug-likeness (QED) is 0.901. The van der Waals surface area contributed by atoms with Gasteiger partial charge in [-0.2, -0.15) is 0 Å². The molecule has 1 N–H and O–H groups in total. The van der Waals surface area contributed by atoms with Gasteiger partial charge in [0.2, 0.25) is 0 Å². The van der Waals surface area contributed by atoms with E-state index in [9.17, 15) is 9.18 Å². The largest absolute Gasteiger partial charge is 0.480 e. The molecule has 1 aliphatic heterocycles. The number of aliphatic carboxylic acids is 1. The number of hydrogen-bond donors (Lipinski definition) is 1. The first-order valence-electron chi connectivity index (χ1n) is 5.90. The number of hydrogen-bond acceptors (Lipinski definition) is 3. The first-order chi connectivity index (χ1) is 8.88. The van der Waals surface area contributed by atoms with Crippen LogP contribution < -0.4 is 0 Å². The third-order valence-electron chi connectivity index (χ3n) is 3.07. The maximum absolute atomic E-state index is 12.9. The van der Waals surface area contributed by atoms with E-state index in [1.807, 2.05) is 6.92 Å². The van der Waals surface area contributed by atoms with Crippen LogP contribution in [-0.2, 0) is 16.1 Å². The number of carboxylic acids is 1. The predicted octanol–water partition coefficient (Wildman–Crippen LogP) is 2.15. The van der Waals surface area contributed by atoms with Gasteiger partial charge in [0.25, 0.3) is 0 Å². The fourth-order valence-corrected chi connectivity index (χ4v) is 2.46. The number of likely N-dealkylation sites (tertiary alicyclic amines) is 1. The highest BCUT2D eigenvalue weighted by molar-refractivity contribution is 6.31. The van der Waals surface area contributed by atoms with Crippen molar-refractivity contribution in [2.75, 3.05) is 19.7 Å². The standard InChI is InChI=1S/C13H15ClFNO3/c1-13(19-6-12(17)18)7-16(8-13)5-9-2-3-10(15)4-11(9)14/h2-4H,5-8H2,1H3,(H,17,18). The summed E-state index contributed by atoms with van der Waals surface area (Å²) < 4.78 is 18.2. The van der Waals surface area contributed by atoms with Crippen molar-refractivity contribution in [1.82, 2.24) is 4.90 Å². The Morgan fingerprint density at radius 3 is 2.84 bits per heavy atom. The van der Waals surface area contributed by atoms with Crippen LogP contribution in [0.5, 0.6) is 0 Å². The summed E-state index contributed by atoms with van der Waals surface area (Å²) in [4.78, 5) is 12.5. The molecule has 0 aromatic heterocycles. The Balaban J connectivity index is 1.85. The molecule has 2 rings (SSSR count). The number of halogens is 2. The van der Waals surface area contributed by atoms with E-state index in [-0.39, 0.29) is 12.4 Å². The van der Waals surface area contributed by atoms with Crippen molar-refractivity contribution < 1.29 is 19.0 Å². The van der Waals surface area contributed by atoms with Gasteiger partial charge in [0.05, 0.1) is 5.60 Å². The maximum atomic E-state index is 12.9. The minimum atomic E-state index is -0.971. The summed E-state index contributed by atoms with van der Waals surface area (Å²) in [6, 6.07) is 4.32. The second kappa shape index (κ2) is 5.45. The second-order valence-corrected chi connectivity index (χ2v) is 5.42. The van der Waals surface area contributed by atoms with Crippen LogP contribution in [0.3, 0.4) is 0 Å². The molecule has 1 heterocycles. The van der Waals surface area contributed by atoms with E-state index in [1.165, 1.54) is 12.1 Å². The van der Waals surface area contributed by atoms with Crippen molar-refractivity contribution in [3.8, 4) is 0 Å². The summed E-state index contributed by atoms with van der Waals surface area (Å²) in [6.07, 6.45) is 0. The van der Waals surface area contributed by atoms with Crippen LogP contribution in [0.15, 0.2) is 18.2 Å². The van der Waals surface area contributed by atoms with Crippen LogP contribution in [0.2, 0.25) is 5.02 Å². The van der Waals surface area contributed by atoms with E-state index < -0.39 is 11.6 Å². The molecule has 0 aliphatic carbocycles. The minimum absolute atomic E-state index is 0.290. The average molecular weight is 288 g/mol. The van der Waals surface area contributed by atoms with Gasteiger partial charge in [-0.1, -0.05) is 17.7 Å². The summed E-state index contributed by atoms with van der Waals surface area (Å²) in [5.41, 5.74) is 0.425. The lowest BCUT2D eigenvalue weighted by Gasteiger charge is -2.47. The smallest absolute Gasteiger partial charge is 0.329 e. The molecule has 0 atom stereocenters. The van der Waals surface area contributed by atoms with Crippen molar-refractivity contribution in [2.45, 2.75) is 19.1 Å². The third-order valence-corrected chi connectivity index (χ3v) is 3.42. The Bertz CT molecular complexity index is 489. The van der Waals surface area contributed by atoms with Crippen molar-refractivity contribution >= 4 is 17.6 Å². The van der Waals surface area contributed by atoms with Crippen LogP contribution in [0.4, 0.5) is 4.39 Å². The number of benzene rings is 1. The Morgan fingerprint density at radius 1 is 1.58 bits per heavy atom. The van der Waals surface area contributed by atoms with Crippen LogP contribution in [0.1, 0.15) is 12.5 Å². The Morgan fingerprint density at radius 2 is 2.26 bits per heavy atom. The molecular formula is C13H15ClFNO3. The zero-order valence-electron chi connectivity index (χ0n) is 10.5. The molecule has 19 heavy (non-hydrogen) atoms. The topological polar surface area (TPSA) is 49.8 Å². The summed E-state index contributed by atoms with van der Waals surface area (Å²) in [5, 5.41) is 8.97. The van der Waals surface area contributed by atoms with Crippen molar-refractivity contribution in [3.05, 3.63) is 34.6 Å². The molecule has 1 aliphatic rings. The lowest BCUT2D eigenvalue weighted by molar-refractivity contribution is -0.165. The molecule has 0 spiro atoms. The Hall–Kier alpha value is -1.17. The van der Waals surface area contributed by atoms with Crippen LogP contribution in [0, 0.1) is 5.82 Å². The van der Waals surface area contributed by atoms with Crippen LogP contribution >= 0.6 is 11.6 Å². The molecule has 0 amide bonds. The van der Waals surface area contributed by atoms with Crippen LogP contribution in [-0.4, -0.2) is 41.3 Å². The van der Waals surface area contributed by atoms with E-state index in [2.05, 4.69) is 4.90 Å². The van der Waals surface area contributed by atoms with E-state index in [4.69, 9.17) is 21.4 Å². The zero-order chi connectivity index (χ0) is 14.0. The van der Waals surface area contributed by atoms with Crippen molar-refractivity contribution in [1.29, 1.82) is 0 Å². The molecule has 1 aromatic rings. The van der Waals surface area contributed by atoms with E-state index >= 15 is 0 Å². The highest BCUT2D eigenvalue weighted by Gasteiger charge is 2.40. The van der Waals surface area contributed by atoms with Gasteiger partial charge < -0.3 is 9.84 Å². The lowest BCUT2D eigenvalue weighted by Crippen LogP contribution is -2.61. The Kier molecular flexibility index (Phi) is 4.08. The molecule has 6 heteroatoms. The van der Waals surface area contributed by atoms with Gasteiger partial charge >= 0.3 is 5.97 Å². The fourth-order valence-electron chi connectivity index (χ4n) is 2.23. The highest BCUT2D eigenvalue weighted by atomic mass is 35.5. The van der Waals surface area contributed by atoms with Crippen molar-refractivity contribution in [3.63, 3.8) is 0 Å². The van der Waals surface area contributed by atoms with Gasteiger partial charge in [-0.25, -0.2) is 9.18 Å². The first kappa shape index (κ1) is 14.2. The monoisotopic (exact) mass is 287 g/mol. The molecule has 104 valence electrons. The first-order valence-corrected chi connectivity index (χ1v) is 6.28. The summed E-state index contributed by atoms with van der Waals surface area (Å²) in [5.74, 6) is -1.33. The lowest BCUT2D eigenvalue weighted by atomic mass is 9.95. The number of carbonyl (C=O) groups is 1. The molecular weight excluding hydrogens is 273 g/mol. The van der Waals surface area contributed by atoms with E-state index in [0.29, 0.717) is 24.7 Å². The average Bonchev–Trinajstić information content (AvgIpc) is 2.28. The van der Waals surface area contributed by atoms with Gasteiger partial charge in [-0.15, -0.1) is 0 Å². The Labute approximate surface area is 115 Å². The molecule has 1 saturated heterocycles. The molecule has 4 nitrogen and oxygen atoms in total. The zero-order valence-corrected chi connectivity index (χ0v) is 11.3. The van der Waals surface area contributed by atoms with E-state index in [0.717, 1.165) is 5.56 Å². The number of ether oxygens (including phenoxy) is 1. The maximum Gasteiger partial charge on any atom is 0.329 e. The summed E-state index contributed by atoms with van der Waals surface area (Å²) >= 11 is 5.95. The minimum Gasteiger partial charge on any atom is -0.480 e. The number of rotatable bonds is 5. The molecule has 0 radical (unpaired) electrons. The molecule has 0 saturated carbocycles. The van der Waals surface area contributed by atoms with Gasteiger partial charge in [0.1, 0.15) is 12.4 Å². The molecule has 1 fully saturated rings. The predicted molar refractivity (Wildman–Crippen MR) is 68.7 cm³/mol. The van der Waals surface area contributed by atoms with Crippen LogP contribution in [0.25, 0.3) is 0 Å². The normalized spacial score (nSPS) is 18.1. The highest BCUT2D eigenvalue weighted by Crippen LogP contribution is 2.28. The van der Waals surface area contributed by atoms with Gasteiger partial charge in [-0.05, 0) is 24.6 Å². The fraction of sp³-hybridized carbons (Fsp3) is 0.462. The molecule has 1 aromatic carbocycles. The number of nitrogens with zero attached hydrogens (tertiary/aromatic N) is 1. The van der Waals surface area contributed by atoms with E-state index in [1.54, 1.807) is 6.07 Å². The number of carboxylic acid groups (broad SMARTS) is 1.